The van der Waals surface area contributed by atoms with E-state index in [1.165, 1.54) is 0 Å². The van der Waals surface area contributed by atoms with Crippen molar-refractivity contribution in [2.45, 2.75) is 38.1 Å². The maximum atomic E-state index is 12.9. The fourth-order valence-corrected chi connectivity index (χ4v) is 2.08. The molecule has 2 N–H and O–H groups in total. The summed E-state index contributed by atoms with van der Waals surface area (Å²) in [6, 6.07) is 5.58. The molecular weight excluding hydrogens is 207 g/mol. The van der Waals surface area contributed by atoms with Crippen LogP contribution in [0.1, 0.15) is 17.8 Å². The van der Waals surface area contributed by atoms with Gasteiger partial charge in [0, 0.05) is 30.4 Å². The highest BCUT2D eigenvalue weighted by Crippen LogP contribution is 2.15. The van der Waals surface area contributed by atoms with Crippen LogP contribution in [0.25, 0.3) is 0 Å². The van der Waals surface area contributed by atoms with Gasteiger partial charge in [-0.2, -0.15) is 0 Å². The molecule has 0 aromatic carbocycles. The van der Waals surface area contributed by atoms with E-state index >= 15 is 0 Å². The Bertz CT molecular complexity index is 359. The Hall–Kier alpha value is -1.00. The number of hydrogen-bond acceptors (Lipinski definition) is 3. The van der Waals surface area contributed by atoms with Crippen LogP contribution in [-0.4, -0.2) is 35.0 Å². The SMILES string of the molecule is Cc1cccc(C[C@H](O)[C@@H]2C[C@@H](F)CN2)n1. The van der Waals surface area contributed by atoms with E-state index in [4.69, 9.17) is 0 Å². The molecule has 1 saturated heterocycles. The first-order valence-corrected chi connectivity index (χ1v) is 5.63. The summed E-state index contributed by atoms with van der Waals surface area (Å²) in [5.41, 5.74) is 1.80. The molecule has 16 heavy (non-hydrogen) atoms. The summed E-state index contributed by atoms with van der Waals surface area (Å²) in [5.74, 6) is 0. The summed E-state index contributed by atoms with van der Waals surface area (Å²) < 4.78 is 12.9. The second-order valence-electron chi connectivity index (χ2n) is 4.39. The van der Waals surface area contributed by atoms with Gasteiger partial charge in [-0.1, -0.05) is 6.07 Å². The van der Waals surface area contributed by atoms with Crippen molar-refractivity contribution < 1.29 is 9.50 Å². The lowest BCUT2D eigenvalue weighted by Gasteiger charge is -2.17. The van der Waals surface area contributed by atoms with Crippen LogP contribution in [0, 0.1) is 6.92 Å². The number of rotatable bonds is 3. The van der Waals surface area contributed by atoms with E-state index in [1.54, 1.807) is 0 Å². The zero-order chi connectivity index (χ0) is 11.5. The molecule has 1 aliphatic heterocycles. The fourth-order valence-electron chi connectivity index (χ4n) is 2.08. The number of aliphatic hydroxyl groups excluding tert-OH is 1. The molecule has 1 aromatic rings. The van der Waals surface area contributed by atoms with Gasteiger partial charge in [0.15, 0.2) is 0 Å². The van der Waals surface area contributed by atoms with Gasteiger partial charge in [0.2, 0.25) is 0 Å². The maximum absolute atomic E-state index is 12.9. The molecule has 3 atom stereocenters. The number of pyridine rings is 1. The Balaban J connectivity index is 1.94. The summed E-state index contributed by atoms with van der Waals surface area (Å²) in [7, 11) is 0. The molecule has 2 rings (SSSR count). The highest BCUT2D eigenvalue weighted by molar-refractivity contribution is 5.11. The van der Waals surface area contributed by atoms with Gasteiger partial charge in [0.05, 0.1) is 6.10 Å². The predicted molar refractivity (Wildman–Crippen MR) is 60.0 cm³/mol. The summed E-state index contributed by atoms with van der Waals surface area (Å²) in [4.78, 5) is 4.32. The van der Waals surface area contributed by atoms with E-state index in [0.29, 0.717) is 19.4 Å². The van der Waals surface area contributed by atoms with Crippen molar-refractivity contribution in [3.63, 3.8) is 0 Å². The second-order valence-corrected chi connectivity index (χ2v) is 4.39. The van der Waals surface area contributed by atoms with Crippen molar-refractivity contribution in [2.75, 3.05) is 6.54 Å². The number of nitrogens with one attached hydrogen (secondary N) is 1. The third-order valence-electron chi connectivity index (χ3n) is 2.94. The van der Waals surface area contributed by atoms with Crippen LogP contribution in [0.3, 0.4) is 0 Å². The van der Waals surface area contributed by atoms with Gasteiger partial charge < -0.3 is 10.4 Å². The minimum absolute atomic E-state index is 0.141. The lowest BCUT2D eigenvalue weighted by molar-refractivity contribution is 0.132. The molecule has 1 aliphatic rings. The largest absolute Gasteiger partial charge is 0.391 e. The van der Waals surface area contributed by atoms with Crippen molar-refractivity contribution in [1.29, 1.82) is 0 Å². The summed E-state index contributed by atoms with van der Waals surface area (Å²) in [6.45, 7) is 2.27. The zero-order valence-electron chi connectivity index (χ0n) is 9.36. The molecule has 0 aliphatic carbocycles. The maximum Gasteiger partial charge on any atom is 0.114 e. The molecule has 1 fully saturated rings. The number of halogens is 1. The molecular formula is C12H17FN2O. The van der Waals surface area contributed by atoms with Crippen LogP contribution >= 0.6 is 0 Å². The van der Waals surface area contributed by atoms with E-state index in [0.717, 1.165) is 11.4 Å². The van der Waals surface area contributed by atoms with Crippen LogP contribution in [0.5, 0.6) is 0 Å². The summed E-state index contributed by atoms with van der Waals surface area (Å²) in [6.07, 6.45) is -0.515. The smallest absolute Gasteiger partial charge is 0.114 e. The average Bonchev–Trinajstić information content (AvgIpc) is 2.65. The molecule has 0 radical (unpaired) electrons. The Morgan fingerprint density at radius 3 is 3.06 bits per heavy atom. The number of alkyl halides is 1. The van der Waals surface area contributed by atoms with Gasteiger partial charge in [0.25, 0.3) is 0 Å². The minimum atomic E-state index is -0.829. The number of nitrogens with zero attached hydrogens (tertiary/aromatic N) is 1. The van der Waals surface area contributed by atoms with Crippen molar-refractivity contribution in [2.24, 2.45) is 0 Å². The van der Waals surface area contributed by atoms with Crippen molar-refractivity contribution in [3.05, 3.63) is 29.6 Å². The molecule has 0 bridgehead atoms. The topological polar surface area (TPSA) is 45.1 Å². The quantitative estimate of drug-likeness (QED) is 0.805. The van der Waals surface area contributed by atoms with Crippen molar-refractivity contribution >= 4 is 0 Å². The van der Waals surface area contributed by atoms with Crippen LogP contribution in [0.15, 0.2) is 18.2 Å². The third-order valence-corrected chi connectivity index (χ3v) is 2.94. The fraction of sp³-hybridized carbons (Fsp3) is 0.583. The van der Waals surface area contributed by atoms with Gasteiger partial charge in [-0.15, -0.1) is 0 Å². The van der Waals surface area contributed by atoms with Gasteiger partial charge in [-0.25, -0.2) is 4.39 Å². The lowest BCUT2D eigenvalue weighted by atomic mass is 10.0. The minimum Gasteiger partial charge on any atom is -0.391 e. The van der Waals surface area contributed by atoms with Crippen molar-refractivity contribution in [3.8, 4) is 0 Å². The number of aromatic nitrogens is 1. The first-order valence-electron chi connectivity index (χ1n) is 5.63. The Morgan fingerprint density at radius 2 is 2.44 bits per heavy atom. The molecule has 0 saturated carbocycles. The molecule has 88 valence electrons. The lowest BCUT2D eigenvalue weighted by Crippen LogP contribution is -2.36. The summed E-state index contributed by atoms with van der Waals surface area (Å²) in [5, 5.41) is 12.9. The van der Waals surface area contributed by atoms with Gasteiger partial charge in [0.1, 0.15) is 6.17 Å². The third kappa shape index (κ3) is 2.77. The Morgan fingerprint density at radius 1 is 1.62 bits per heavy atom. The molecule has 0 amide bonds. The van der Waals surface area contributed by atoms with Crippen LogP contribution in [0.4, 0.5) is 4.39 Å². The average molecular weight is 224 g/mol. The predicted octanol–water partition coefficient (Wildman–Crippen LogP) is 0.993. The van der Waals surface area contributed by atoms with E-state index < -0.39 is 12.3 Å². The van der Waals surface area contributed by atoms with E-state index in [9.17, 15) is 9.50 Å². The Kier molecular flexibility index (Phi) is 3.51. The number of aliphatic hydroxyl groups is 1. The first-order chi connectivity index (χ1) is 7.65. The highest BCUT2D eigenvalue weighted by atomic mass is 19.1. The number of hydrogen-bond donors (Lipinski definition) is 2. The molecule has 4 heteroatoms. The zero-order valence-corrected chi connectivity index (χ0v) is 9.36. The van der Waals surface area contributed by atoms with Crippen LogP contribution in [0.2, 0.25) is 0 Å². The van der Waals surface area contributed by atoms with Crippen molar-refractivity contribution in [1.82, 2.24) is 10.3 Å². The van der Waals surface area contributed by atoms with Gasteiger partial charge >= 0.3 is 0 Å². The highest BCUT2D eigenvalue weighted by Gasteiger charge is 2.29. The van der Waals surface area contributed by atoms with Gasteiger partial charge in [-0.3, -0.25) is 4.98 Å². The van der Waals surface area contributed by atoms with Gasteiger partial charge in [-0.05, 0) is 25.5 Å². The molecule has 2 heterocycles. The van der Waals surface area contributed by atoms with E-state index in [1.807, 2.05) is 25.1 Å². The monoisotopic (exact) mass is 224 g/mol. The van der Waals surface area contributed by atoms with E-state index in [-0.39, 0.29) is 6.04 Å². The van der Waals surface area contributed by atoms with Crippen LogP contribution in [-0.2, 0) is 6.42 Å². The molecule has 3 nitrogen and oxygen atoms in total. The first kappa shape index (κ1) is 11.5. The molecule has 1 aromatic heterocycles. The molecule has 0 spiro atoms. The van der Waals surface area contributed by atoms with Crippen LogP contribution < -0.4 is 5.32 Å². The summed E-state index contributed by atoms with van der Waals surface area (Å²) >= 11 is 0. The Labute approximate surface area is 94.7 Å². The van der Waals surface area contributed by atoms with E-state index in [2.05, 4.69) is 10.3 Å². The second kappa shape index (κ2) is 4.89. The molecule has 0 unspecified atom stereocenters. The number of aryl methyl sites for hydroxylation is 1. The normalized spacial score (nSPS) is 26.9. The standard InChI is InChI=1S/C12H17FN2O/c1-8-3-2-4-10(15-8)6-12(16)11-5-9(13)7-14-11/h2-4,9,11-12,14,16H,5-7H2,1H3/t9-,11+,12+/m1/s1.